The molecule has 3 heteroatoms. The van der Waals surface area contributed by atoms with Crippen molar-refractivity contribution >= 4 is 0 Å². The third kappa shape index (κ3) is 3.50. The maximum Gasteiger partial charge on any atom is 0.0277 e. The molecule has 0 aromatic heterocycles. The summed E-state index contributed by atoms with van der Waals surface area (Å²) in [4.78, 5) is 5.13. The molecule has 1 saturated heterocycles. The summed E-state index contributed by atoms with van der Waals surface area (Å²) in [5.74, 6) is 2.28. The topological polar surface area (TPSA) is 32.5 Å². The first kappa shape index (κ1) is 15.3. The van der Waals surface area contributed by atoms with Gasteiger partial charge in [-0.05, 0) is 51.5 Å². The summed E-state index contributed by atoms with van der Waals surface area (Å²) in [6, 6.07) is 0.404. The van der Waals surface area contributed by atoms with Gasteiger partial charge in [-0.2, -0.15) is 0 Å². The van der Waals surface area contributed by atoms with E-state index in [2.05, 4.69) is 44.5 Å². The Morgan fingerprint density at radius 1 is 1.16 bits per heavy atom. The van der Waals surface area contributed by atoms with Gasteiger partial charge in [-0.3, -0.25) is 9.80 Å². The standard InChI is InChI=1S/C16H33N3/c1-12-8-13(2)14(15(17)9-12)10-19-7-6-18(5)16(3,4)11-19/h12-15H,6-11,17H2,1-5H3. The van der Waals surface area contributed by atoms with Crippen LogP contribution in [0, 0.1) is 17.8 Å². The Morgan fingerprint density at radius 3 is 2.42 bits per heavy atom. The number of hydrogen-bond donors (Lipinski definition) is 1. The lowest BCUT2D eigenvalue weighted by molar-refractivity contribution is 0.0169. The third-order valence-corrected chi connectivity index (χ3v) is 5.59. The number of nitrogens with two attached hydrogens (primary N) is 1. The Bertz CT molecular complexity index is 290. The summed E-state index contributed by atoms with van der Waals surface area (Å²) < 4.78 is 0. The van der Waals surface area contributed by atoms with Crippen LogP contribution in [-0.4, -0.2) is 54.6 Å². The molecule has 1 saturated carbocycles. The van der Waals surface area contributed by atoms with Crippen molar-refractivity contribution < 1.29 is 0 Å². The van der Waals surface area contributed by atoms with Crippen molar-refractivity contribution in [2.45, 2.75) is 52.1 Å². The molecule has 0 amide bonds. The highest BCUT2D eigenvalue weighted by molar-refractivity contribution is 4.92. The number of hydrogen-bond acceptors (Lipinski definition) is 3. The van der Waals surface area contributed by atoms with Gasteiger partial charge in [0.05, 0.1) is 0 Å². The van der Waals surface area contributed by atoms with E-state index in [0.29, 0.717) is 17.5 Å². The van der Waals surface area contributed by atoms with E-state index in [0.717, 1.165) is 11.8 Å². The molecule has 1 aliphatic carbocycles. The SMILES string of the molecule is CC1CC(C)C(CN2CCN(C)C(C)(C)C2)C(N)C1. The second kappa shape index (κ2) is 5.71. The lowest BCUT2D eigenvalue weighted by Gasteiger charge is -2.48. The van der Waals surface area contributed by atoms with Crippen LogP contribution in [0.3, 0.4) is 0 Å². The van der Waals surface area contributed by atoms with Crippen LogP contribution in [0.1, 0.15) is 40.5 Å². The minimum absolute atomic E-state index is 0.299. The van der Waals surface area contributed by atoms with Gasteiger partial charge in [0.15, 0.2) is 0 Å². The average molecular weight is 267 g/mol. The van der Waals surface area contributed by atoms with E-state index < -0.39 is 0 Å². The fourth-order valence-corrected chi connectivity index (χ4v) is 4.08. The van der Waals surface area contributed by atoms with Crippen molar-refractivity contribution in [3.63, 3.8) is 0 Å². The summed E-state index contributed by atoms with van der Waals surface area (Å²) in [6.07, 6.45) is 2.57. The Morgan fingerprint density at radius 2 is 1.84 bits per heavy atom. The van der Waals surface area contributed by atoms with Crippen LogP contribution in [0.2, 0.25) is 0 Å². The van der Waals surface area contributed by atoms with Crippen molar-refractivity contribution in [3.05, 3.63) is 0 Å². The first-order valence-corrected chi connectivity index (χ1v) is 7.99. The quantitative estimate of drug-likeness (QED) is 0.831. The molecular formula is C16H33N3. The minimum Gasteiger partial charge on any atom is -0.327 e. The zero-order valence-corrected chi connectivity index (χ0v) is 13.5. The lowest BCUT2D eigenvalue weighted by atomic mass is 9.72. The predicted octanol–water partition coefficient (Wildman–Crippen LogP) is 2.02. The fraction of sp³-hybridized carbons (Fsp3) is 1.00. The molecule has 3 nitrogen and oxygen atoms in total. The van der Waals surface area contributed by atoms with E-state index in [-0.39, 0.29) is 0 Å². The number of rotatable bonds is 2. The van der Waals surface area contributed by atoms with Gasteiger partial charge in [-0.25, -0.2) is 0 Å². The van der Waals surface area contributed by atoms with E-state index >= 15 is 0 Å². The molecule has 0 aromatic carbocycles. The molecule has 0 spiro atoms. The Hall–Kier alpha value is -0.120. The third-order valence-electron chi connectivity index (χ3n) is 5.59. The van der Waals surface area contributed by atoms with Crippen LogP contribution in [-0.2, 0) is 0 Å². The molecule has 2 N–H and O–H groups in total. The first-order chi connectivity index (χ1) is 8.79. The van der Waals surface area contributed by atoms with Gasteiger partial charge in [0.1, 0.15) is 0 Å². The Kier molecular flexibility index (Phi) is 4.59. The average Bonchev–Trinajstić information content (AvgIpc) is 2.28. The minimum atomic E-state index is 0.299. The van der Waals surface area contributed by atoms with Crippen molar-refractivity contribution in [3.8, 4) is 0 Å². The second-order valence-electron chi connectivity index (χ2n) is 7.85. The molecule has 1 aliphatic heterocycles. The molecule has 0 radical (unpaired) electrons. The van der Waals surface area contributed by atoms with Crippen LogP contribution in [0.5, 0.6) is 0 Å². The van der Waals surface area contributed by atoms with E-state index in [9.17, 15) is 0 Å². The summed E-state index contributed by atoms with van der Waals surface area (Å²) in [6.45, 7) is 14.2. The predicted molar refractivity (Wildman–Crippen MR) is 82.2 cm³/mol. The van der Waals surface area contributed by atoms with E-state index in [1.165, 1.54) is 39.0 Å². The van der Waals surface area contributed by atoms with Crippen LogP contribution >= 0.6 is 0 Å². The number of piperazine rings is 1. The monoisotopic (exact) mass is 267 g/mol. The Labute approximate surface area is 119 Å². The first-order valence-electron chi connectivity index (χ1n) is 7.99. The molecule has 0 bridgehead atoms. The lowest BCUT2D eigenvalue weighted by Crippen LogP contribution is -2.59. The highest BCUT2D eigenvalue weighted by Crippen LogP contribution is 2.34. The van der Waals surface area contributed by atoms with E-state index in [4.69, 9.17) is 5.73 Å². The van der Waals surface area contributed by atoms with Gasteiger partial charge in [0, 0.05) is 37.8 Å². The zero-order valence-electron chi connectivity index (χ0n) is 13.5. The molecule has 2 fully saturated rings. The summed E-state index contributed by atoms with van der Waals surface area (Å²) in [7, 11) is 2.24. The van der Waals surface area contributed by atoms with Crippen molar-refractivity contribution in [1.82, 2.24) is 9.80 Å². The van der Waals surface area contributed by atoms with Gasteiger partial charge >= 0.3 is 0 Å². The van der Waals surface area contributed by atoms with Crippen LogP contribution in [0.15, 0.2) is 0 Å². The maximum atomic E-state index is 6.43. The largest absolute Gasteiger partial charge is 0.327 e. The highest BCUT2D eigenvalue weighted by Gasteiger charge is 2.36. The molecule has 2 rings (SSSR count). The zero-order chi connectivity index (χ0) is 14.2. The summed E-state index contributed by atoms with van der Waals surface area (Å²) in [5.41, 5.74) is 6.73. The molecule has 112 valence electrons. The maximum absolute atomic E-state index is 6.43. The van der Waals surface area contributed by atoms with Crippen LogP contribution in [0.4, 0.5) is 0 Å². The van der Waals surface area contributed by atoms with Crippen LogP contribution in [0.25, 0.3) is 0 Å². The van der Waals surface area contributed by atoms with Crippen molar-refractivity contribution in [2.75, 3.05) is 33.2 Å². The van der Waals surface area contributed by atoms with Gasteiger partial charge in [0.25, 0.3) is 0 Å². The highest BCUT2D eigenvalue weighted by atomic mass is 15.3. The molecule has 19 heavy (non-hydrogen) atoms. The second-order valence-corrected chi connectivity index (χ2v) is 7.85. The van der Waals surface area contributed by atoms with Crippen molar-refractivity contribution in [2.24, 2.45) is 23.5 Å². The molecular weight excluding hydrogens is 234 g/mol. The van der Waals surface area contributed by atoms with Gasteiger partial charge in [-0.15, -0.1) is 0 Å². The van der Waals surface area contributed by atoms with E-state index in [1.54, 1.807) is 0 Å². The fourth-order valence-electron chi connectivity index (χ4n) is 4.08. The molecule has 4 unspecified atom stereocenters. The molecule has 2 aliphatic rings. The Balaban J connectivity index is 1.94. The van der Waals surface area contributed by atoms with Gasteiger partial charge < -0.3 is 5.73 Å². The van der Waals surface area contributed by atoms with Gasteiger partial charge in [0.2, 0.25) is 0 Å². The number of likely N-dealkylation sites (N-methyl/N-ethyl adjacent to an activating group) is 1. The van der Waals surface area contributed by atoms with Crippen molar-refractivity contribution in [1.29, 1.82) is 0 Å². The molecule has 4 atom stereocenters. The van der Waals surface area contributed by atoms with E-state index in [1.807, 2.05) is 0 Å². The number of nitrogens with zero attached hydrogens (tertiary/aromatic N) is 2. The molecule has 1 heterocycles. The van der Waals surface area contributed by atoms with Gasteiger partial charge in [-0.1, -0.05) is 13.8 Å². The smallest absolute Gasteiger partial charge is 0.0277 e. The molecule has 0 aromatic rings. The normalized spacial score (nSPS) is 41.4. The van der Waals surface area contributed by atoms with Crippen LogP contribution < -0.4 is 5.73 Å². The summed E-state index contributed by atoms with van der Waals surface area (Å²) >= 11 is 0. The summed E-state index contributed by atoms with van der Waals surface area (Å²) in [5, 5.41) is 0.